The summed E-state index contributed by atoms with van der Waals surface area (Å²) in [5.74, 6) is 0.588. The van der Waals surface area contributed by atoms with Crippen molar-refractivity contribution in [3.8, 4) is 5.75 Å². The topological polar surface area (TPSA) is 35.2 Å². The number of nitrogen functional groups attached to an aromatic ring is 1. The molecule has 0 aliphatic rings. The van der Waals surface area contributed by atoms with Gasteiger partial charge in [0.1, 0.15) is 5.75 Å². The maximum atomic E-state index is 12.9. The van der Waals surface area contributed by atoms with Gasteiger partial charge in [-0.15, -0.1) is 11.3 Å². The van der Waals surface area contributed by atoms with Crippen LogP contribution < -0.4 is 10.5 Å². The minimum Gasteiger partial charge on any atom is -0.495 e. The first-order valence-corrected chi connectivity index (χ1v) is 4.55. The van der Waals surface area contributed by atoms with E-state index in [1.165, 1.54) is 6.07 Å². The largest absolute Gasteiger partial charge is 0.495 e. The Hall–Kier alpha value is -1.29. The monoisotopic (exact) mass is 197 g/mol. The summed E-state index contributed by atoms with van der Waals surface area (Å²) in [6, 6.07) is 4.98. The van der Waals surface area contributed by atoms with Crippen LogP contribution >= 0.6 is 11.3 Å². The second kappa shape index (κ2) is 2.88. The molecule has 0 unspecified atom stereocenters. The lowest BCUT2D eigenvalue weighted by Crippen LogP contribution is -1.91. The highest BCUT2D eigenvalue weighted by Gasteiger charge is 2.07. The summed E-state index contributed by atoms with van der Waals surface area (Å²) in [6.07, 6.45) is 0. The highest BCUT2D eigenvalue weighted by atomic mass is 32.1. The summed E-state index contributed by atoms with van der Waals surface area (Å²) < 4.78 is 18.7. The fraction of sp³-hybridized carbons (Fsp3) is 0.111. The third kappa shape index (κ3) is 1.23. The number of halogens is 1. The Morgan fingerprint density at radius 3 is 2.92 bits per heavy atom. The molecule has 4 heteroatoms. The summed E-state index contributed by atoms with van der Waals surface area (Å²) in [4.78, 5) is 0. The molecule has 13 heavy (non-hydrogen) atoms. The number of benzene rings is 1. The fourth-order valence-electron chi connectivity index (χ4n) is 1.26. The van der Waals surface area contributed by atoms with Crippen LogP contribution in [-0.4, -0.2) is 7.11 Å². The van der Waals surface area contributed by atoms with E-state index in [0.717, 1.165) is 21.4 Å². The standard InChI is InChI=1S/C9H8FNOS/c1-12-6-2-3-7-5(9(6)11)4-8(10)13-7/h2-4H,11H2,1H3. The Morgan fingerprint density at radius 2 is 2.23 bits per heavy atom. The minimum atomic E-state index is -0.227. The van der Waals surface area contributed by atoms with Crippen molar-refractivity contribution in [1.29, 1.82) is 0 Å². The van der Waals surface area contributed by atoms with Gasteiger partial charge in [-0.3, -0.25) is 0 Å². The van der Waals surface area contributed by atoms with E-state index in [-0.39, 0.29) is 5.13 Å². The van der Waals surface area contributed by atoms with E-state index in [9.17, 15) is 4.39 Å². The van der Waals surface area contributed by atoms with Gasteiger partial charge in [0.2, 0.25) is 0 Å². The Balaban J connectivity index is 2.78. The van der Waals surface area contributed by atoms with Gasteiger partial charge in [0.15, 0.2) is 5.13 Å². The average Bonchev–Trinajstić information content (AvgIpc) is 2.47. The smallest absolute Gasteiger partial charge is 0.177 e. The number of hydrogen-bond donors (Lipinski definition) is 1. The Labute approximate surface area is 78.7 Å². The first-order valence-electron chi connectivity index (χ1n) is 3.74. The van der Waals surface area contributed by atoms with Gasteiger partial charge in [0, 0.05) is 10.1 Å². The highest BCUT2D eigenvalue weighted by Crippen LogP contribution is 2.34. The molecule has 2 rings (SSSR count). The molecule has 0 radical (unpaired) electrons. The highest BCUT2D eigenvalue weighted by molar-refractivity contribution is 7.17. The second-order valence-corrected chi connectivity index (χ2v) is 3.68. The van der Waals surface area contributed by atoms with E-state index >= 15 is 0 Å². The zero-order valence-electron chi connectivity index (χ0n) is 7.00. The molecule has 0 spiro atoms. The Morgan fingerprint density at radius 1 is 1.46 bits per heavy atom. The van der Waals surface area contributed by atoms with Crippen molar-refractivity contribution < 1.29 is 9.13 Å². The molecule has 1 aromatic heterocycles. The van der Waals surface area contributed by atoms with Crippen LogP contribution in [0.3, 0.4) is 0 Å². The van der Waals surface area contributed by atoms with Crippen molar-refractivity contribution in [3.63, 3.8) is 0 Å². The number of ether oxygens (including phenoxy) is 1. The lowest BCUT2D eigenvalue weighted by atomic mass is 10.2. The Kier molecular flexibility index (Phi) is 1.84. The van der Waals surface area contributed by atoms with Gasteiger partial charge in [-0.1, -0.05) is 0 Å². The number of hydrogen-bond acceptors (Lipinski definition) is 3. The molecule has 68 valence electrons. The molecule has 1 aromatic carbocycles. The molecular weight excluding hydrogens is 189 g/mol. The SMILES string of the molecule is COc1ccc2sc(F)cc2c1N. The zero-order valence-corrected chi connectivity index (χ0v) is 7.82. The van der Waals surface area contributed by atoms with Crippen LogP contribution in [0.1, 0.15) is 0 Å². The molecule has 0 bridgehead atoms. The van der Waals surface area contributed by atoms with Crippen molar-refractivity contribution >= 4 is 27.1 Å². The van der Waals surface area contributed by atoms with Crippen LogP contribution in [-0.2, 0) is 0 Å². The molecule has 0 fully saturated rings. The molecule has 0 saturated carbocycles. The second-order valence-electron chi connectivity index (χ2n) is 2.64. The molecule has 0 aliphatic heterocycles. The van der Waals surface area contributed by atoms with Crippen molar-refractivity contribution in [2.45, 2.75) is 0 Å². The number of nitrogens with two attached hydrogens (primary N) is 1. The van der Waals surface area contributed by atoms with Crippen molar-refractivity contribution in [1.82, 2.24) is 0 Å². The van der Waals surface area contributed by atoms with Crippen LogP contribution in [0.4, 0.5) is 10.1 Å². The lowest BCUT2D eigenvalue weighted by Gasteiger charge is -2.03. The average molecular weight is 197 g/mol. The number of rotatable bonds is 1. The molecule has 1 heterocycles. The Bertz CT molecular complexity index is 452. The third-order valence-electron chi connectivity index (χ3n) is 1.89. The maximum absolute atomic E-state index is 12.9. The quantitative estimate of drug-likeness (QED) is 0.713. The molecular formula is C9H8FNOS. The maximum Gasteiger partial charge on any atom is 0.177 e. The molecule has 0 atom stereocenters. The molecule has 0 saturated heterocycles. The number of methoxy groups -OCH3 is 1. The van der Waals surface area contributed by atoms with Crippen molar-refractivity contribution in [3.05, 3.63) is 23.3 Å². The first-order chi connectivity index (χ1) is 6.22. The first kappa shape index (κ1) is 8.31. The normalized spacial score (nSPS) is 10.6. The van der Waals surface area contributed by atoms with Gasteiger partial charge < -0.3 is 10.5 Å². The predicted octanol–water partition coefficient (Wildman–Crippen LogP) is 2.63. The van der Waals surface area contributed by atoms with Crippen LogP contribution in [0, 0.1) is 5.13 Å². The minimum absolute atomic E-state index is 0.227. The number of anilines is 1. The van der Waals surface area contributed by atoms with Crippen LogP contribution in [0.15, 0.2) is 18.2 Å². The molecule has 0 amide bonds. The van der Waals surface area contributed by atoms with Crippen molar-refractivity contribution in [2.24, 2.45) is 0 Å². The molecule has 2 N–H and O–H groups in total. The zero-order chi connectivity index (χ0) is 9.42. The fourth-order valence-corrected chi connectivity index (χ4v) is 2.06. The molecule has 0 aliphatic carbocycles. The summed E-state index contributed by atoms with van der Waals surface area (Å²) in [5, 5.41) is 0.497. The van der Waals surface area contributed by atoms with Gasteiger partial charge in [0.05, 0.1) is 12.8 Å². The van der Waals surface area contributed by atoms with E-state index < -0.39 is 0 Å². The summed E-state index contributed by atoms with van der Waals surface area (Å²) in [6.45, 7) is 0. The lowest BCUT2D eigenvalue weighted by molar-refractivity contribution is 0.417. The van der Waals surface area contributed by atoms with E-state index in [1.807, 2.05) is 0 Å². The van der Waals surface area contributed by atoms with E-state index in [1.54, 1.807) is 19.2 Å². The van der Waals surface area contributed by atoms with Crippen LogP contribution in [0.5, 0.6) is 5.75 Å². The molecule has 2 aromatic rings. The molecule has 2 nitrogen and oxygen atoms in total. The van der Waals surface area contributed by atoms with Crippen LogP contribution in [0.25, 0.3) is 10.1 Å². The van der Waals surface area contributed by atoms with Crippen LogP contribution in [0.2, 0.25) is 0 Å². The van der Waals surface area contributed by atoms with Gasteiger partial charge in [-0.25, -0.2) is 0 Å². The van der Waals surface area contributed by atoms with Gasteiger partial charge in [-0.05, 0) is 18.2 Å². The predicted molar refractivity (Wildman–Crippen MR) is 52.7 cm³/mol. The van der Waals surface area contributed by atoms with Gasteiger partial charge in [-0.2, -0.15) is 4.39 Å². The van der Waals surface area contributed by atoms with E-state index in [0.29, 0.717) is 11.4 Å². The number of fused-ring (bicyclic) bond motifs is 1. The van der Waals surface area contributed by atoms with E-state index in [4.69, 9.17) is 10.5 Å². The van der Waals surface area contributed by atoms with Gasteiger partial charge >= 0.3 is 0 Å². The summed E-state index contributed by atoms with van der Waals surface area (Å²) >= 11 is 1.08. The summed E-state index contributed by atoms with van der Waals surface area (Å²) in [5.41, 5.74) is 6.26. The van der Waals surface area contributed by atoms with E-state index in [2.05, 4.69) is 0 Å². The van der Waals surface area contributed by atoms with Gasteiger partial charge in [0.25, 0.3) is 0 Å². The number of thiophene rings is 1. The summed E-state index contributed by atoms with van der Waals surface area (Å²) in [7, 11) is 1.54. The van der Waals surface area contributed by atoms with Crippen molar-refractivity contribution in [2.75, 3.05) is 12.8 Å². The third-order valence-corrected chi connectivity index (χ3v) is 2.78.